The van der Waals surface area contributed by atoms with Gasteiger partial charge in [0.25, 0.3) is 0 Å². The van der Waals surface area contributed by atoms with Gasteiger partial charge in [-0.05, 0) is 12.0 Å². The summed E-state index contributed by atoms with van der Waals surface area (Å²) in [5.41, 5.74) is 3.14. The highest BCUT2D eigenvalue weighted by Crippen LogP contribution is 2.42. The molecule has 0 unspecified atom stereocenters. The number of aliphatic hydroxyl groups is 2. The molecule has 1 aliphatic heterocycles. The van der Waals surface area contributed by atoms with Gasteiger partial charge >= 0.3 is 5.69 Å². The Morgan fingerprint density at radius 3 is 2.75 bits per heavy atom. The first-order valence-electron chi connectivity index (χ1n) is 6.29. The van der Waals surface area contributed by atoms with E-state index in [4.69, 9.17) is 10.5 Å². The van der Waals surface area contributed by atoms with Crippen molar-refractivity contribution in [1.29, 1.82) is 0 Å². The SMILES string of the molecule is CC(C)[C@]1(CO)O[C@@H](n2ccc(N)nc2=O)[C@H](F)[C@@H]1O. The molecule has 0 amide bonds. The number of aromatic nitrogens is 2. The maximum Gasteiger partial charge on any atom is 0.351 e. The van der Waals surface area contributed by atoms with Gasteiger partial charge in [-0.25, -0.2) is 9.18 Å². The number of rotatable bonds is 3. The molecule has 1 fully saturated rings. The number of nitrogen functional groups attached to an aromatic ring is 1. The minimum Gasteiger partial charge on any atom is -0.393 e. The van der Waals surface area contributed by atoms with E-state index in [9.17, 15) is 19.4 Å². The van der Waals surface area contributed by atoms with Crippen molar-refractivity contribution in [3.63, 3.8) is 0 Å². The molecule has 0 radical (unpaired) electrons. The second-order valence-electron chi connectivity index (χ2n) is 5.21. The van der Waals surface area contributed by atoms with E-state index in [1.807, 2.05) is 0 Å². The highest BCUT2D eigenvalue weighted by molar-refractivity contribution is 5.23. The molecule has 1 aromatic heterocycles. The summed E-state index contributed by atoms with van der Waals surface area (Å²) in [4.78, 5) is 15.2. The monoisotopic (exact) mass is 287 g/mol. The fourth-order valence-electron chi connectivity index (χ4n) is 2.41. The van der Waals surface area contributed by atoms with Crippen molar-refractivity contribution in [2.45, 2.75) is 38.0 Å². The van der Waals surface area contributed by atoms with Crippen LogP contribution in [0.2, 0.25) is 0 Å². The Bertz CT molecular complexity index is 550. The number of nitrogens with zero attached hydrogens (tertiary/aromatic N) is 2. The predicted octanol–water partition coefficient (Wildman–Crippen LogP) is -0.560. The number of aliphatic hydroxyl groups excluding tert-OH is 2. The predicted molar refractivity (Wildman–Crippen MR) is 68.6 cm³/mol. The Hall–Kier alpha value is -1.51. The third-order valence-electron chi connectivity index (χ3n) is 3.76. The molecule has 8 heteroatoms. The number of anilines is 1. The molecule has 112 valence electrons. The van der Waals surface area contributed by atoms with Gasteiger partial charge in [0.05, 0.1) is 6.61 Å². The zero-order chi connectivity index (χ0) is 15.1. The maximum atomic E-state index is 14.3. The van der Waals surface area contributed by atoms with Crippen molar-refractivity contribution in [3.8, 4) is 0 Å². The Morgan fingerprint density at radius 2 is 2.30 bits per heavy atom. The molecule has 1 aliphatic rings. The summed E-state index contributed by atoms with van der Waals surface area (Å²) in [6, 6.07) is 1.33. The summed E-state index contributed by atoms with van der Waals surface area (Å²) in [7, 11) is 0. The van der Waals surface area contributed by atoms with E-state index in [0.717, 1.165) is 4.57 Å². The van der Waals surface area contributed by atoms with Crippen LogP contribution in [-0.2, 0) is 4.74 Å². The molecule has 0 aromatic carbocycles. The number of halogens is 1. The van der Waals surface area contributed by atoms with E-state index < -0.39 is 36.4 Å². The van der Waals surface area contributed by atoms with Crippen molar-refractivity contribution in [3.05, 3.63) is 22.7 Å². The van der Waals surface area contributed by atoms with Crippen molar-refractivity contribution >= 4 is 5.82 Å². The van der Waals surface area contributed by atoms with Crippen LogP contribution in [0.15, 0.2) is 17.1 Å². The first-order chi connectivity index (χ1) is 9.33. The third-order valence-corrected chi connectivity index (χ3v) is 3.76. The van der Waals surface area contributed by atoms with Crippen LogP contribution in [0.1, 0.15) is 20.1 Å². The van der Waals surface area contributed by atoms with Gasteiger partial charge in [-0.15, -0.1) is 0 Å². The molecule has 2 heterocycles. The van der Waals surface area contributed by atoms with Gasteiger partial charge in [-0.2, -0.15) is 4.98 Å². The quantitative estimate of drug-likeness (QED) is 0.687. The second-order valence-corrected chi connectivity index (χ2v) is 5.21. The van der Waals surface area contributed by atoms with Crippen LogP contribution in [0.5, 0.6) is 0 Å². The minimum atomic E-state index is -1.85. The van der Waals surface area contributed by atoms with Crippen LogP contribution in [0.4, 0.5) is 10.2 Å². The van der Waals surface area contributed by atoms with Crippen molar-refractivity contribution in [2.24, 2.45) is 5.92 Å². The van der Waals surface area contributed by atoms with E-state index in [-0.39, 0.29) is 11.7 Å². The van der Waals surface area contributed by atoms with Gasteiger partial charge < -0.3 is 20.7 Å². The fourth-order valence-corrected chi connectivity index (χ4v) is 2.41. The highest BCUT2D eigenvalue weighted by atomic mass is 19.1. The molecule has 2 rings (SSSR count). The average molecular weight is 287 g/mol. The lowest BCUT2D eigenvalue weighted by Crippen LogP contribution is -2.49. The van der Waals surface area contributed by atoms with Crippen molar-refractivity contribution in [1.82, 2.24) is 9.55 Å². The van der Waals surface area contributed by atoms with Crippen LogP contribution >= 0.6 is 0 Å². The van der Waals surface area contributed by atoms with Crippen LogP contribution in [-0.4, -0.2) is 44.2 Å². The van der Waals surface area contributed by atoms with Crippen LogP contribution in [0.25, 0.3) is 0 Å². The lowest BCUT2D eigenvalue weighted by Gasteiger charge is -2.33. The summed E-state index contributed by atoms with van der Waals surface area (Å²) in [6.07, 6.45) is -3.49. The fraction of sp³-hybridized carbons (Fsp3) is 0.667. The molecule has 1 aromatic rings. The van der Waals surface area contributed by atoms with Crippen LogP contribution < -0.4 is 11.4 Å². The molecule has 4 N–H and O–H groups in total. The molecular weight excluding hydrogens is 269 g/mol. The van der Waals surface area contributed by atoms with E-state index in [0.29, 0.717) is 0 Å². The number of ether oxygens (including phenoxy) is 1. The van der Waals surface area contributed by atoms with E-state index in [1.54, 1.807) is 13.8 Å². The van der Waals surface area contributed by atoms with Gasteiger partial charge in [0.1, 0.15) is 17.5 Å². The Labute approximate surface area is 114 Å². The summed E-state index contributed by atoms with van der Waals surface area (Å²) in [5.74, 6) is -0.333. The minimum absolute atomic E-state index is 0.0116. The van der Waals surface area contributed by atoms with Gasteiger partial charge in [0, 0.05) is 6.20 Å². The molecule has 20 heavy (non-hydrogen) atoms. The van der Waals surface area contributed by atoms with Crippen molar-refractivity contribution in [2.75, 3.05) is 12.3 Å². The first kappa shape index (κ1) is 14.9. The Kier molecular flexibility index (Phi) is 3.81. The number of hydrogen-bond acceptors (Lipinski definition) is 6. The molecular formula is C12H18FN3O4. The van der Waals surface area contributed by atoms with Crippen molar-refractivity contribution < 1.29 is 19.3 Å². The largest absolute Gasteiger partial charge is 0.393 e. The summed E-state index contributed by atoms with van der Waals surface area (Å²) in [6.45, 7) is 2.83. The molecule has 7 nitrogen and oxygen atoms in total. The van der Waals surface area contributed by atoms with E-state index >= 15 is 0 Å². The zero-order valence-corrected chi connectivity index (χ0v) is 11.2. The first-order valence-corrected chi connectivity index (χ1v) is 6.29. The lowest BCUT2D eigenvalue weighted by atomic mass is 9.85. The maximum absolute atomic E-state index is 14.3. The smallest absolute Gasteiger partial charge is 0.351 e. The molecule has 1 saturated heterocycles. The van der Waals surface area contributed by atoms with Gasteiger partial charge in [0.2, 0.25) is 0 Å². The number of hydrogen-bond donors (Lipinski definition) is 3. The molecule has 0 spiro atoms. The number of nitrogens with two attached hydrogens (primary N) is 1. The topological polar surface area (TPSA) is 111 Å². The molecule has 4 atom stereocenters. The Balaban J connectivity index is 2.42. The van der Waals surface area contributed by atoms with Gasteiger partial charge in [0.15, 0.2) is 12.4 Å². The Morgan fingerprint density at radius 1 is 1.65 bits per heavy atom. The van der Waals surface area contributed by atoms with E-state index in [1.165, 1.54) is 12.3 Å². The average Bonchev–Trinajstić information content (AvgIpc) is 2.64. The highest BCUT2D eigenvalue weighted by Gasteiger charge is 2.57. The lowest BCUT2D eigenvalue weighted by molar-refractivity contribution is -0.153. The molecule has 0 bridgehead atoms. The summed E-state index contributed by atoms with van der Waals surface area (Å²) in [5, 5.41) is 19.5. The van der Waals surface area contributed by atoms with Crippen LogP contribution in [0.3, 0.4) is 0 Å². The zero-order valence-electron chi connectivity index (χ0n) is 11.2. The third kappa shape index (κ3) is 2.09. The standard InChI is InChI=1S/C12H18FN3O4/c1-6(2)12(5-17)9(18)8(13)10(20-12)16-4-3-7(14)15-11(16)19/h3-4,6,8-10,17-18H,5H2,1-2H3,(H2,14,15,19)/t8-,9+,10-,12+/m1/s1. The molecule has 0 aliphatic carbocycles. The van der Waals surface area contributed by atoms with Gasteiger partial charge in [-0.1, -0.05) is 13.8 Å². The number of alkyl halides is 1. The second kappa shape index (κ2) is 5.12. The molecule has 0 saturated carbocycles. The summed E-state index contributed by atoms with van der Waals surface area (Å²) >= 11 is 0. The van der Waals surface area contributed by atoms with E-state index in [2.05, 4.69) is 4.98 Å². The summed E-state index contributed by atoms with van der Waals surface area (Å²) < 4.78 is 20.7. The normalized spacial score (nSPS) is 33.8. The van der Waals surface area contributed by atoms with Crippen LogP contribution in [0, 0.1) is 5.92 Å². The van der Waals surface area contributed by atoms with Gasteiger partial charge in [-0.3, -0.25) is 4.57 Å².